The fraction of sp³-hybridized carbons (Fsp3) is 0.929. The summed E-state index contributed by atoms with van der Waals surface area (Å²) < 4.78 is 0. The maximum absolute atomic E-state index is 12.1. The molecule has 2 unspecified atom stereocenters. The molecular formula is C14H26N2OS. The monoisotopic (exact) mass is 270 g/mol. The highest BCUT2D eigenvalue weighted by Crippen LogP contribution is 2.43. The van der Waals surface area contributed by atoms with E-state index in [0.717, 1.165) is 25.0 Å². The van der Waals surface area contributed by atoms with Crippen molar-refractivity contribution in [2.75, 3.05) is 12.3 Å². The SMILES string of the molecule is CCSC1CCCC1NC(=O)CC1(CN)CCC1. The summed E-state index contributed by atoms with van der Waals surface area (Å²) in [6.45, 7) is 2.86. The summed E-state index contributed by atoms with van der Waals surface area (Å²) in [6, 6.07) is 0.400. The van der Waals surface area contributed by atoms with Crippen molar-refractivity contribution in [1.29, 1.82) is 0 Å². The predicted molar refractivity (Wildman–Crippen MR) is 77.7 cm³/mol. The van der Waals surface area contributed by atoms with Gasteiger partial charge in [-0.1, -0.05) is 19.8 Å². The summed E-state index contributed by atoms with van der Waals surface area (Å²) in [4.78, 5) is 12.1. The zero-order valence-electron chi connectivity index (χ0n) is 11.4. The van der Waals surface area contributed by atoms with Gasteiger partial charge in [-0.2, -0.15) is 11.8 Å². The van der Waals surface area contributed by atoms with E-state index in [2.05, 4.69) is 12.2 Å². The van der Waals surface area contributed by atoms with Crippen LogP contribution in [-0.2, 0) is 4.79 Å². The Balaban J connectivity index is 1.79. The lowest BCUT2D eigenvalue weighted by atomic mass is 9.66. The van der Waals surface area contributed by atoms with E-state index in [1.807, 2.05) is 11.8 Å². The topological polar surface area (TPSA) is 55.1 Å². The van der Waals surface area contributed by atoms with Crippen LogP contribution >= 0.6 is 11.8 Å². The van der Waals surface area contributed by atoms with Gasteiger partial charge in [-0.15, -0.1) is 0 Å². The van der Waals surface area contributed by atoms with Gasteiger partial charge in [-0.3, -0.25) is 4.79 Å². The van der Waals surface area contributed by atoms with Gasteiger partial charge in [0, 0.05) is 17.7 Å². The van der Waals surface area contributed by atoms with Gasteiger partial charge >= 0.3 is 0 Å². The van der Waals surface area contributed by atoms with E-state index in [9.17, 15) is 4.79 Å². The Bertz CT molecular complexity index is 286. The fourth-order valence-corrected chi connectivity index (χ4v) is 4.43. The molecule has 18 heavy (non-hydrogen) atoms. The van der Waals surface area contributed by atoms with Crippen LogP contribution in [0.3, 0.4) is 0 Å². The van der Waals surface area contributed by atoms with Gasteiger partial charge in [0.25, 0.3) is 0 Å². The molecule has 2 aliphatic carbocycles. The molecule has 2 saturated carbocycles. The number of rotatable bonds is 6. The highest BCUT2D eigenvalue weighted by atomic mass is 32.2. The molecule has 0 aromatic rings. The van der Waals surface area contributed by atoms with E-state index in [1.54, 1.807) is 0 Å². The van der Waals surface area contributed by atoms with Crippen molar-refractivity contribution in [3.63, 3.8) is 0 Å². The molecule has 2 aliphatic rings. The highest BCUT2D eigenvalue weighted by Gasteiger charge is 2.38. The number of hydrogen-bond donors (Lipinski definition) is 2. The van der Waals surface area contributed by atoms with E-state index in [-0.39, 0.29) is 11.3 Å². The zero-order valence-corrected chi connectivity index (χ0v) is 12.2. The van der Waals surface area contributed by atoms with Crippen LogP contribution in [0.4, 0.5) is 0 Å². The first-order valence-corrected chi connectivity index (χ1v) is 8.35. The summed E-state index contributed by atoms with van der Waals surface area (Å²) >= 11 is 1.99. The second-order valence-corrected chi connectivity index (χ2v) is 7.35. The third-order valence-corrected chi connectivity index (χ3v) is 5.89. The third-order valence-electron chi connectivity index (χ3n) is 4.56. The highest BCUT2D eigenvalue weighted by molar-refractivity contribution is 7.99. The lowest BCUT2D eigenvalue weighted by Gasteiger charge is -2.40. The predicted octanol–water partition coefficient (Wildman–Crippen LogP) is 2.30. The molecule has 0 aliphatic heterocycles. The van der Waals surface area contributed by atoms with E-state index < -0.39 is 0 Å². The van der Waals surface area contributed by atoms with Gasteiger partial charge < -0.3 is 11.1 Å². The Labute approximate surface area is 115 Å². The van der Waals surface area contributed by atoms with Crippen molar-refractivity contribution < 1.29 is 4.79 Å². The molecule has 0 bridgehead atoms. The second kappa shape index (κ2) is 6.29. The summed E-state index contributed by atoms with van der Waals surface area (Å²) in [5, 5.41) is 3.89. The fourth-order valence-electron chi connectivity index (χ4n) is 3.23. The van der Waals surface area contributed by atoms with Crippen LogP contribution in [0.15, 0.2) is 0 Å². The molecule has 0 heterocycles. The van der Waals surface area contributed by atoms with Gasteiger partial charge in [-0.25, -0.2) is 0 Å². The van der Waals surface area contributed by atoms with Gasteiger partial charge in [-0.05, 0) is 43.4 Å². The number of nitrogens with two attached hydrogens (primary N) is 1. The molecule has 0 aromatic heterocycles. The third kappa shape index (κ3) is 3.21. The number of carbonyl (C=O) groups is 1. The quantitative estimate of drug-likeness (QED) is 0.778. The van der Waals surface area contributed by atoms with Crippen LogP contribution in [0.2, 0.25) is 0 Å². The van der Waals surface area contributed by atoms with Crippen molar-refractivity contribution >= 4 is 17.7 Å². The van der Waals surface area contributed by atoms with Crippen molar-refractivity contribution in [2.24, 2.45) is 11.1 Å². The molecule has 104 valence electrons. The molecule has 0 radical (unpaired) electrons. The molecule has 2 fully saturated rings. The van der Waals surface area contributed by atoms with Gasteiger partial charge in [0.2, 0.25) is 5.91 Å². The molecule has 0 aromatic carbocycles. The first-order valence-electron chi connectivity index (χ1n) is 7.30. The van der Waals surface area contributed by atoms with E-state index >= 15 is 0 Å². The van der Waals surface area contributed by atoms with Crippen LogP contribution in [0, 0.1) is 5.41 Å². The van der Waals surface area contributed by atoms with Gasteiger partial charge in [0.05, 0.1) is 0 Å². The Morgan fingerprint density at radius 1 is 1.39 bits per heavy atom. The molecule has 0 spiro atoms. The smallest absolute Gasteiger partial charge is 0.220 e. The van der Waals surface area contributed by atoms with E-state index in [4.69, 9.17) is 5.73 Å². The Morgan fingerprint density at radius 3 is 2.72 bits per heavy atom. The first-order chi connectivity index (χ1) is 8.69. The molecule has 2 atom stereocenters. The first kappa shape index (κ1) is 14.2. The average Bonchev–Trinajstić information content (AvgIpc) is 2.72. The van der Waals surface area contributed by atoms with E-state index in [0.29, 0.717) is 24.3 Å². The summed E-state index contributed by atoms with van der Waals surface area (Å²) in [5.74, 6) is 1.37. The Hall–Kier alpha value is -0.220. The standard InChI is InChI=1S/C14H26N2OS/c1-2-18-12-6-3-5-11(12)16-13(17)9-14(10-15)7-4-8-14/h11-12H,2-10,15H2,1H3,(H,16,17). The van der Waals surface area contributed by atoms with Crippen LogP contribution in [0.1, 0.15) is 51.9 Å². The van der Waals surface area contributed by atoms with Crippen LogP contribution in [0.5, 0.6) is 0 Å². The minimum Gasteiger partial charge on any atom is -0.352 e. The van der Waals surface area contributed by atoms with Crippen LogP contribution < -0.4 is 11.1 Å². The summed E-state index contributed by atoms with van der Waals surface area (Å²) in [5.41, 5.74) is 5.95. The molecule has 3 N–H and O–H groups in total. The van der Waals surface area contributed by atoms with Crippen molar-refractivity contribution in [3.8, 4) is 0 Å². The van der Waals surface area contributed by atoms with Gasteiger partial charge in [0.1, 0.15) is 0 Å². The van der Waals surface area contributed by atoms with Gasteiger partial charge in [0.15, 0.2) is 0 Å². The van der Waals surface area contributed by atoms with Crippen molar-refractivity contribution in [3.05, 3.63) is 0 Å². The second-order valence-electron chi connectivity index (χ2n) is 5.83. The van der Waals surface area contributed by atoms with Crippen molar-refractivity contribution in [2.45, 2.75) is 63.2 Å². The number of carbonyl (C=O) groups excluding carboxylic acids is 1. The molecule has 3 nitrogen and oxygen atoms in total. The Kier molecular flexibility index (Phi) is 4.96. The number of hydrogen-bond acceptors (Lipinski definition) is 3. The van der Waals surface area contributed by atoms with Crippen LogP contribution in [0.25, 0.3) is 0 Å². The maximum Gasteiger partial charge on any atom is 0.220 e. The Morgan fingerprint density at radius 2 is 2.17 bits per heavy atom. The minimum atomic E-state index is 0.135. The molecule has 0 saturated heterocycles. The zero-order chi connectivity index (χ0) is 13.0. The molecule has 4 heteroatoms. The van der Waals surface area contributed by atoms with Crippen molar-refractivity contribution in [1.82, 2.24) is 5.32 Å². The molecular weight excluding hydrogens is 244 g/mol. The number of nitrogens with one attached hydrogen (secondary N) is 1. The summed E-state index contributed by atoms with van der Waals surface area (Å²) in [7, 11) is 0. The largest absolute Gasteiger partial charge is 0.352 e. The number of amides is 1. The lowest BCUT2D eigenvalue weighted by Crippen LogP contribution is -2.45. The minimum absolute atomic E-state index is 0.135. The number of thioether (sulfide) groups is 1. The summed E-state index contributed by atoms with van der Waals surface area (Å²) in [6.07, 6.45) is 7.81. The average molecular weight is 270 g/mol. The lowest BCUT2D eigenvalue weighted by molar-refractivity contribution is -0.125. The molecule has 2 rings (SSSR count). The van der Waals surface area contributed by atoms with E-state index in [1.165, 1.54) is 19.3 Å². The normalized spacial score (nSPS) is 29.9. The maximum atomic E-state index is 12.1. The van der Waals surface area contributed by atoms with Crippen LogP contribution in [-0.4, -0.2) is 29.5 Å². The molecule has 1 amide bonds.